The molecule has 0 atom stereocenters. The number of nitrogens with one attached hydrogen (secondary N) is 1. The molecular weight excluding hydrogens is 210 g/mol. The van der Waals surface area contributed by atoms with Crippen LogP contribution in [0.15, 0.2) is 23.1 Å². The number of hydrogen-bond acceptors (Lipinski definition) is 3. The highest BCUT2D eigenvalue weighted by atomic mass is 32.2. The third-order valence-electron chi connectivity index (χ3n) is 2.32. The number of carboxylic acid groups (broad SMARTS) is 1. The van der Waals surface area contributed by atoms with Crippen LogP contribution in [0, 0.1) is 0 Å². The lowest BCUT2D eigenvalue weighted by Crippen LogP contribution is -2.30. The zero-order valence-corrected chi connectivity index (χ0v) is 9.52. The molecule has 0 amide bonds. The van der Waals surface area contributed by atoms with Crippen molar-refractivity contribution in [2.75, 3.05) is 11.9 Å². The minimum atomic E-state index is -0.873. The van der Waals surface area contributed by atoms with Crippen LogP contribution >= 0.6 is 11.8 Å². The van der Waals surface area contributed by atoms with Crippen LogP contribution in [-0.4, -0.2) is 22.4 Å². The fourth-order valence-corrected chi connectivity index (χ4v) is 2.70. The highest BCUT2D eigenvalue weighted by Gasteiger charge is 2.26. The van der Waals surface area contributed by atoms with Gasteiger partial charge in [0.1, 0.15) is 0 Å². The number of thioether (sulfide) groups is 1. The van der Waals surface area contributed by atoms with Crippen molar-refractivity contribution in [1.29, 1.82) is 0 Å². The second-order valence-electron chi connectivity index (χ2n) is 4.23. The van der Waals surface area contributed by atoms with Crippen molar-refractivity contribution in [3.8, 4) is 0 Å². The summed E-state index contributed by atoms with van der Waals surface area (Å²) >= 11 is 1.72. The number of aromatic carboxylic acids is 1. The molecule has 0 saturated carbocycles. The molecule has 1 aromatic rings. The van der Waals surface area contributed by atoms with Crippen LogP contribution in [0.1, 0.15) is 24.2 Å². The zero-order chi connectivity index (χ0) is 11.1. The molecule has 15 heavy (non-hydrogen) atoms. The van der Waals surface area contributed by atoms with Gasteiger partial charge in [0.15, 0.2) is 0 Å². The summed E-state index contributed by atoms with van der Waals surface area (Å²) in [6, 6.07) is 5.20. The van der Waals surface area contributed by atoms with Gasteiger partial charge in [-0.2, -0.15) is 0 Å². The summed E-state index contributed by atoms with van der Waals surface area (Å²) < 4.78 is 0.115. The first-order chi connectivity index (χ1) is 6.98. The molecule has 2 rings (SSSR count). The fraction of sp³-hybridized carbons (Fsp3) is 0.364. The number of carbonyl (C=O) groups is 1. The van der Waals surface area contributed by atoms with Crippen LogP contribution in [0.2, 0.25) is 0 Å². The summed E-state index contributed by atoms with van der Waals surface area (Å²) in [7, 11) is 0. The second-order valence-corrected chi connectivity index (χ2v) is 5.98. The molecule has 0 aromatic heterocycles. The van der Waals surface area contributed by atoms with Crippen molar-refractivity contribution in [3.63, 3.8) is 0 Å². The Kier molecular flexibility index (Phi) is 2.38. The van der Waals surface area contributed by atoms with Crippen molar-refractivity contribution in [1.82, 2.24) is 0 Å². The number of benzene rings is 1. The predicted octanol–water partition coefficient (Wildman–Crippen LogP) is 2.68. The Bertz CT molecular complexity index is 415. The van der Waals surface area contributed by atoms with E-state index in [-0.39, 0.29) is 4.75 Å². The highest BCUT2D eigenvalue weighted by Crippen LogP contribution is 2.41. The third-order valence-corrected chi connectivity index (χ3v) is 3.57. The van der Waals surface area contributed by atoms with Crippen LogP contribution < -0.4 is 5.32 Å². The molecule has 0 bridgehead atoms. The highest BCUT2D eigenvalue weighted by molar-refractivity contribution is 8.00. The SMILES string of the molecule is CC1(C)CNc2ccc(C(=O)O)cc2S1. The molecule has 1 aliphatic heterocycles. The third kappa shape index (κ3) is 2.09. The first-order valence-electron chi connectivity index (χ1n) is 4.78. The maximum atomic E-state index is 10.8. The van der Waals surface area contributed by atoms with E-state index in [0.717, 1.165) is 17.1 Å². The molecule has 1 aliphatic rings. The van der Waals surface area contributed by atoms with Gasteiger partial charge in [0.25, 0.3) is 0 Å². The van der Waals surface area contributed by atoms with Gasteiger partial charge in [-0.1, -0.05) is 0 Å². The fourth-order valence-electron chi connectivity index (χ4n) is 1.53. The van der Waals surface area contributed by atoms with Gasteiger partial charge in [-0.15, -0.1) is 11.8 Å². The predicted molar refractivity (Wildman–Crippen MR) is 61.8 cm³/mol. The van der Waals surface area contributed by atoms with E-state index in [1.807, 2.05) is 6.07 Å². The molecule has 0 unspecified atom stereocenters. The van der Waals surface area contributed by atoms with Crippen LogP contribution in [0.5, 0.6) is 0 Å². The smallest absolute Gasteiger partial charge is 0.335 e. The standard InChI is InChI=1S/C11H13NO2S/c1-11(2)6-12-8-4-3-7(10(13)14)5-9(8)15-11/h3-5,12H,6H2,1-2H3,(H,13,14). The van der Waals surface area contributed by atoms with Gasteiger partial charge >= 0.3 is 5.97 Å². The zero-order valence-electron chi connectivity index (χ0n) is 8.70. The molecule has 0 fully saturated rings. The van der Waals surface area contributed by atoms with Gasteiger partial charge in [-0.05, 0) is 32.0 Å². The van der Waals surface area contributed by atoms with E-state index in [0.29, 0.717) is 5.56 Å². The summed E-state index contributed by atoms with van der Waals surface area (Å²) in [6.07, 6.45) is 0. The van der Waals surface area contributed by atoms with E-state index in [1.165, 1.54) is 0 Å². The molecule has 4 heteroatoms. The van der Waals surface area contributed by atoms with Crippen molar-refractivity contribution >= 4 is 23.4 Å². The molecule has 2 N–H and O–H groups in total. The molecule has 0 spiro atoms. The van der Waals surface area contributed by atoms with Gasteiger partial charge in [0.2, 0.25) is 0 Å². The molecular formula is C11H13NO2S. The first kappa shape index (κ1) is 10.4. The van der Waals surface area contributed by atoms with Gasteiger partial charge in [0.05, 0.1) is 5.56 Å². The summed E-state index contributed by atoms with van der Waals surface area (Å²) in [5.41, 5.74) is 1.38. The average Bonchev–Trinajstić information content (AvgIpc) is 2.15. The Labute approximate surface area is 92.9 Å². The topological polar surface area (TPSA) is 49.3 Å². The van der Waals surface area contributed by atoms with Crippen molar-refractivity contribution in [2.45, 2.75) is 23.5 Å². The van der Waals surface area contributed by atoms with E-state index in [2.05, 4.69) is 19.2 Å². The van der Waals surface area contributed by atoms with E-state index in [9.17, 15) is 4.79 Å². The summed E-state index contributed by atoms with van der Waals surface area (Å²) in [4.78, 5) is 11.8. The van der Waals surface area contributed by atoms with Crippen LogP contribution in [0.4, 0.5) is 5.69 Å². The molecule has 1 heterocycles. The van der Waals surface area contributed by atoms with Crippen LogP contribution in [0.3, 0.4) is 0 Å². The number of fused-ring (bicyclic) bond motifs is 1. The molecule has 0 aliphatic carbocycles. The van der Waals surface area contributed by atoms with Gasteiger partial charge in [-0.25, -0.2) is 4.79 Å². The summed E-state index contributed by atoms with van der Waals surface area (Å²) in [5, 5.41) is 12.2. The minimum Gasteiger partial charge on any atom is -0.478 e. The Morgan fingerprint density at radius 3 is 2.93 bits per heavy atom. The van der Waals surface area contributed by atoms with E-state index < -0.39 is 5.97 Å². The lowest BCUT2D eigenvalue weighted by atomic mass is 10.1. The second kappa shape index (κ2) is 3.45. The van der Waals surface area contributed by atoms with E-state index in [1.54, 1.807) is 23.9 Å². The number of carboxylic acids is 1. The van der Waals surface area contributed by atoms with E-state index in [4.69, 9.17) is 5.11 Å². The Hall–Kier alpha value is -1.16. The number of rotatable bonds is 1. The van der Waals surface area contributed by atoms with E-state index >= 15 is 0 Å². The molecule has 1 aromatic carbocycles. The Balaban J connectivity index is 2.39. The largest absolute Gasteiger partial charge is 0.478 e. The van der Waals surface area contributed by atoms with Crippen LogP contribution in [0.25, 0.3) is 0 Å². The minimum absolute atomic E-state index is 0.115. The lowest BCUT2D eigenvalue weighted by Gasteiger charge is -2.31. The monoisotopic (exact) mass is 223 g/mol. The van der Waals surface area contributed by atoms with Crippen molar-refractivity contribution in [3.05, 3.63) is 23.8 Å². The number of hydrogen-bond donors (Lipinski definition) is 2. The normalized spacial score (nSPS) is 17.7. The van der Waals surface area contributed by atoms with Crippen molar-refractivity contribution < 1.29 is 9.90 Å². The maximum absolute atomic E-state index is 10.8. The quantitative estimate of drug-likeness (QED) is 0.768. The molecule has 80 valence electrons. The van der Waals surface area contributed by atoms with Gasteiger partial charge in [-0.3, -0.25) is 0 Å². The molecule has 3 nitrogen and oxygen atoms in total. The summed E-state index contributed by atoms with van der Waals surface area (Å²) in [5.74, 6) is -0.873. The Morgan fingerprint density at radius 1 is 1.53 bits per heavy atom. The maximum Gasteiger partial charge on any atom is 0.335 e. The summed E-state index contributed by atoms with van der Waals surface area (Å²) in [6.45, 7) is 5.18. The number of anilines is 1. The molecule has 0 radical (unpaired) electrons. The average molecular weight is 223 g/mol. The first-order valence-corrected chi connectivity index (χ1v) is 5.60. The lowest BCUT2D eigenvalue weighted by molar-refractivity contribution is 0.0696. The van der Waals surface area contributed by atoms with Gasteiger partial charge in [0, 0.05) is 21.9 Å². The van der Waals surface area contributed by atoms with Crippen molar-refractivity contribution in [2.24, 2.45) is 0 Å². The van der Waals surface area contributed by atoms with Crippen LogP contribution in [-0.2, 0) is 0 Å². The molecule has 0 saturated heterocycles. The Morgan fingerprint density at radius 2 is 2.27 bits per heavy atom. The van der Waals surface area contributed by atoms with Gasteiger partial charge < -0.3 is 10.4 Å².